The summed E-state index contributed by atoms with van der Waals surface area (Å²) >= 11 is 7.94. The maximum absolute atomic E-state index is 13.8. The molecule has 0 radical (unpaired) electrons. The van der Waals surface area contributed by atoms with Gasteiger partial charge in [0.15, 0.2) is 5.82 Å². The lowest BCUT2D eigenvalue weighted by atomic mass is 9.99. The summed E-state index contributed by atoms with van der Waals surface area (Å²) in [7, 11) is -2.62. The minimum absolute atomic E-state index is 0.0296. The van der Waals surface area contributed by atoms with Crippen LogP contribution in [0.1, 0.15) is 25.8 Å². The van der Waals surface area contributed by atoms with Gasteiger partial charge in [0.25, 0.3) is 15.7 Å². The lowest BCUT2D eigenvalue weighted by molar-refractivity contribution is -0.384. The van der Waals surface area contributed by atoms with E-state index in [0.29, 0.717) is 21.7 Å². The molecule has 0 bridgehead atoms. The van der Waals surface area contributed by atoms with Crippen molar-refractivity contribution in [2.45, 2.75) is 48.7 Å². The summed E-state index contributed by atoms with van der Waals surface area (Å²) in [4.78, 5) is 40.6. The average Bonchev–Trinajstić information content (AvgIpc) is 3.26. The van der Waals surface area contributed by atoms with Crippen LogP contribution < -0.4 is 14.9 Å². The minimum Gasteiger partial charge on any atom is -0.375 e. The zero-order valence-electron chi connectivity index (χ0n) is 34.1. The fraction of sp³-hybridized carbons (Fsp3) is 0.267. The Morgan fingerprint density at radius 1 is 0.918 bits per heavy atom. The van der Waals surface area contributed by atoms with Gasteiger partial charge in [0.2, 0.25) is 5.91 Å². The minimum atomic E-state index is -4.34. The third kappa shape index (κ3) is 10.8. The zero-order chi connectivity index (χ0) is 43.1. The van der Waals surface area contributed by atoms with Gasteiger partial charge in [0.1, 0.15) is 12.0 Å². The van der Waals surface area contributed by atoms with Gasteiger partial charge in [0, 0.05) is 91.1 Å². The first-order chi connectivity index (χ1) is 29.3. The molecule has 1 atom stereocenters. The molecular weight excluding hydrogens is 832 g/mol. The number of carbonyl (C=O) groups is 1. The first-order valence-electron chi connectivity index (χ1n) is 19.9. The molecule has 16 heteroatoms. The van der Waals surface area contributed by atoms with Crippen LogP contribution in [0.15, 0.2) is 131 Å². The van der Waals surface area contributed by atoms with Crippen LogP contribution in [0.3, 0.4) is 0 Å². The molecule has 5 aromatic carbocycles. The highest BCUT2D eigenvalue weighted by Crippen LogP contribution is 2.33. The highest BCUT2D eigenvalue weighted by atomic mass is 35.5. The molecule has 7 rings (SSSR count). The summed E-state index contributed by atoms with van der Waals surface area (Å²) in [5.74, 6) is 0.355. The number of nitro benzene ring substituents is 1. The van der Waals surface area contributed by atoms with E-state index in [1.807, 2.05) is 86.6 Å². The predicted molar refractivity (Wildman–Crippen MR) is 245 cm³/mol. The van der Waals surface area contributed by atoms with Crippen molar-refractivity contribution in [3.8, 4) is 11.1 Å². The lowest BCUT2D eigenvalue weighted by Gasteiger charge is -2.36. The number of sulfonamides is 1. The van der Waals surface area contributed by atoms with Crippen molar-refractivity contribution in [1.82, 2.24) is 19.8 Å². The molecule has 1 fully saturated rings. The van der Waals surface area contributed by atoms with Crippen molar-refractivity contribution in [3.63, 3.8) is 0 Å². The number of halogens is 1. The predicted octanol–water partition coefficient (Wildman–Crippen LogP) is 8.81. The molecule has 0 saturated carbocycles. The molecule has 0 spiro atoms. The van der Waals surface area contributed by atoms with E-state index in [1.54, 1.807) is 18.0 Å². The van der Waals surface area contributed by atoms with Crippen molar-refractivity contribution < 1.29 is 18.1 Å². The summed E-state index contributed by atoms with van der Waals surface area (Å²) in [6.07, 6.45) is 1.37. The number of nitro groups is 1. The Bertz CT molecular complexity index is 2610. The van der Waals surface area contributed by atoms with Crippen LogP contribution in [-0.4, -0.2) is 90.1 Å². The Hall–Kier alpha value is -5.74. The second-order valence-corrected chi connectivity index (χ2v) is 18.4. The summed E-state index contributed by atoms with van der Waals surface area (Å²) in [6, 6.07) is 34.8. The number of nitrogens with zero attached hydrogens (tertiary/aromatic N) is 6. The molecular formula is C45H47ClN8O5S2. The molecule has 1 aliphatic heterocycles. The molecule has 6 aromatic rings. The standard InChI is InChI=1S/C45H47ClN8O5S2/c1-31(2)51(3)44(55)25-35(29-60-37-12-8-5-9-13-37)49-41-19-16-38(27-43(41)54(56)57)61(58,59)50-45-40-18-15-36(26-42(40)47-30-48-45)53-22-20-52(21-23-53)28-33-24-34(46)14-17-39(33)32-10-6-4-7-11-32/h4-19,24,26-27,30-31,35,49H,20-23,25,28-29H2,1-3H3,(H,47,48,50). The number of anilines is 3. The Morgan fingerprint density at radius 3 is 2.34 bits per heavy atom. The second kappa shape index (κ2) is 19.3. The van der Waals surface area contributed by atoms with E-state index in [-0.39, 0.29) is 34.8 Å². The van der Waals surface area contributed by atoms with Gasteiger partial charge in [-0.25, -0.2) is 18.4 Å². The van der Waals surface area contributed by atoms with E-state index in [2.05, 4.69) is 48.0 Å². The van der Waals surface area contributed by atoms with E-state index < -0.39 is 26.7 Å². The Kier molecular flexibility index (Phi) is 13.7. The van der Waals surface area contributed by atoms with Crippen LogP contribution in [-0.2, 0) is 21.4 Å². The highest BCUT2D eigenvalue weighted by molar-refractivity contribution is 7.99. The summed E-state index contributed by atoms with van der Waals surface area (Å²) in [5.41, 5.74) is 4.64. The number of nitrogens with one attached hydrogen (secondary N) is 2. The van der Waals surface area contributed by atoms with Crippen molar-refractivity contribution >= 4 is 73.1 Å². The molecule has 1 amide bonds. The first kappa shape index (κ1) is 43.4. The van der Waals surface area contributed by atoms with Crippen LogP contribution in [0.2, 0.25) is 5.02 Å². The number of thioether (sulfide) groups is 1. The molecule has 2 N–H and O–H groups in total. The monoisotopic (exact) mass is 878 g/mol. The molecule has 13 nitrogen and oxygen atoms in total. The van der Waals surface area contributed by atoms with E-state index in [4.69, 9.17) is 11.6 Å². The van der Waals surface area contributed by atoms with Crippen LogP contribution in [0.4, 0.5) is 22.9 Å². The van der Waals surface area contributed by atoms with Crippen molar-refractivity contribution in [1.29, 1.82) is 0 Å². The molecule has 1 aromatic heterocycles. The van der Waals surface area contributed by atoms with Gasteiger partial charge in [-0.15, -0.1) is 11.8 Å². The molecule has 1 unspecified atom stereocenters. The number of aromatic nitrogens is 2. The Balaban J connectivity index is 1.04. The number of hydrogen-bond donors (Lipinski definition) is 2. The van der Waals surface area contributed by atoms with Crippen LogP contribution in [0.25, 0.3) is 22.0 Å². The fourth-order valence-electron chi connectivity index (χ4n) is 7.19. The van der Waals surface area contributed by atoms with E-state index in [1.165, 1.54) is 35.8 Å². The van der Waals surface area contributed by atoms with Crippen molar-refractivity contribution in [2.24, 2.45) is 0 Å². The first-order valence-corrected chi connectivity index (χ1v) is 22.8. The van der Waals surface area contributed by atoms with Gasteiger partial charge in [-0.2, -0.15) is 0 Å². The third-order valence-electron chi connectivity index (χ3n) is 10.8. The van der Waals surface area contributed by atoms with Crippen molar-refractivity contribution in [3.05, 3.63) is 142 Å². The maximum atomic E-state index is 13.8. The Labute approximate surface area is 365 Å². The van der Waals surface area contributed by atoms with Crippen LogP contribution in [0.5, 0.6) is 0 Å². The third-order valence-corrected chi connectivity index (χ3v) is 13.5. The highest BCUT2D eigenvalue weighted by Gasteiger charge is 2.27. The molecule has 2 heterocycles. The van der Waals surface area contributed by atoms with Gasteiger partial charge in [-0.1, -0.05) is 66.2 Å². The van der Waals surface area contributed by atoms with Crippen LogP contribution >= 0.6 is 23.4 Å². The number of benzene rings is 5. The molecule has 0 aliphatic carbocycles. The van der Waals surface area contributed by atoms with Crippen LogP contribution in [0, 0.1) is 10.1 Å². The number of carbonyl (C=O) groups excluding carboxylic acids is 1. The molecule has 61 heavy (non-hydrogen) atoms. The second-order valence-electron chi connectivity index (χ2n) is 15.2. The number of amides is 1. The summed E-state index contributed by atoms with van der Waals surface area (Å²) in [6.45, 7) is 7.80. The smallest absolute Gasteiger partial charge is 0.293 e. The Morgan fingerprint density at radius 2 is 1.64 bits per heavy atom. The fourth-order valence-corrected chi connectivity index (χ4v) is 9.37. The van der Waals surface area contributed by atoms with E-state index in [0.717, 1.165) is 60.5 Å². The number of piperazine rings is 1. The molecule has 316 valence electrons. The van der Waals surface area contributed by atoms with E-state index >= 15 is 0 Å². The topological polar surface area (TPSA) is 154 Å². The normalized spacial score (nSPS) is 13.9. The van der Waals surface area contributed by atoms with E-state index in [9.17, 15) is 23.3 Å². The van der Waals surface area contributed by atoms with Gasteiger partial charge in [-0.3, -0.25) is 24.5 Å². The number of fused-ring (bicyclic) bond motifs is 1. The van der Waals surface area contributed by atoms with Gasteiger partial charge >= 0.3 is 0 Å². The lowest BCUT2D eigenvalue weighted by Crippen LogP contribution is -2.46. The number of hydrogen-bond acceptors (Lipinski definition) is 11. The van der Waals surface area contributed by atoms with Gasteiger partial charge < -0.3 is 15.1 Å². The van der Waals surface area contributed by atoms with Gasteiger partial charge in [-0.05, 0) is 85.1 Å². The maximum Gasteiger partial charge on any atom is 0.293 e. The average molecular weight is 880 g/mol. The SMILES string of the molecule is CC(C)N(C)C(=O)CC(CSc1ccccc1)Nc1ccc(S(=O)(=O)Nc2ncnc3cc(N4CCN(Cc5cc(Cl)ccc5-c5ccccc5)CC4)ccc23)cc1[N+](=O)[O-]. The number of rotatable bonds is 16. The van der Waals surface area contributed by atoms with Gasteiger partial charge in [0.05, 0.1) is 15.3 Å². The molecule has 1 saturated heterocycles. The quantitative estimate of drug-likeness (QED) is 0.0545. The zero-order valence-corrected chi connectivity index (χ0v) is 36.5. The summed E-state index contributed by atoms with van der Waals surface area (Å²) in [5, 5.41) is 16.8. The summed E-state index contributed by atoms with van der Waals surface area (Å²) < 4.78 is 30.1. The largest absolute Gasteiger partial charge is 0.375 e. The molecule has 1 aliphatic rings. The van der Waals surface area contributed by atoms with Crippen molar-refractivity contribution in [2.75, 3.05) is 53.9 Å².